The van der Waals surface area contributed by atoms with Gasteiger partial charge in [-0.15, -0.1) is 10.2 Å². The van der Waals surface area contributed by atoms with E-state index in [1.807, 2.05) is 48.7 Å². The molecule has 0 spiro atoms. The van der Waals surface area contributed by atoms with Gasteiger partial charge < -0.3 is 0 Å². The van der Waals surface area contributed by atoms with E-state index in [1.165, 1.54) is 11.8 Å². The zero-order valence-corrected chi connectivity index (χ0v) is 14.7. The zero-order valence-electron chi connectivity index (χ0n) is 13.9. The molecule has 0 aliphatic heterocycles. The molecule has 0 saturated carbocycles. The van der Waals surface area contributed by atoms with Gasteiger partial charge in [-0.2, -0.15) is 5.26 Å². The number of ketones is 1. The van der Waals surface area contributed by atoms with E-state index in [4.69, 9.17) is 5.26 Å². The molecule has 0 aliphatic rings. The summed E-state index contributed by atoms with van der Waals surface area (Å²) in [5, 5.41) is 17.9. The molecular weight excluding hydrogens is 332 g/mol. The smallest absolute Gasteiger partial charge is 0.196 e. The van der Waals surface area contributed by atoms with Gasteiger partial charge in [-0.1, -0.05) is 42.1 Å². The lowest BCUT2D eigenvalue weighted by atomic mass is 10.1. The Balaban J connectivity index is 1.79. The molecule has 0 saturated heterocycles. The summed E-state index contributed by atoms with van der Waals surface area (Å²) in [5.41, 5.74) is 3.26. The van der Waals surface area contributed by atoms with Crippen molar-refractivity contribution >= 4 is 17.5 Å². The average molecular weight is 348 g/mol. The third-order valence-corrected chi connectivity index (χ3v) is 4.75. The van der Waals surface area contributed by atoms with Gasteiger partial charge in [-0.05, 0) is 37.6 Å². The molecule has 2 aromatic carbocycles. The summed E-state index contributed by atoms with van der Waals surface area (Å²) in [5.74, 6) is 1.03. The average Bonchev–Trinajstić information content (AvgIpc) is 3.00. The normalized spacial score (nSPS) is 10.4. The highest BCUT2D eigenvalue weighted by molar-refractivity contribution is 7.99. The number of carbonyl (C=O) groups is 1. The lowest BCUT2D eigenvalue weighted by molar-refractivity contribution is 0.102. The third kappa shape index (κ3) is 3.62. The fourth-order valence-electron chi connectivity index (χ4n) is 2.47. The predicted octanol–water partition coefficient (Wildman–Crippen LogP) is 3.73. The Morgan fingerprint density at radius 3 is 2.52 bits per heavy atom. The topological polar surface area (TPSA) is 71.6 Å². The van der Waals surface area contributed by atoms with E-state index < -0.39 is 0 Å². The molecular formula is C19H16N4OS. The highest BCUT2D eigenvalue weighted by Crippen LogP contribution is 2.24. The van der Waals surface area contributed by atoms with Crippen LogP contribution in [0.1, 0.15) is 27.3 Å². The second-order valence-corrected chi connectivity index (χ2v) is 6.50. The summed E-state index contributed by atoms with van der Waals surface area (Å²) in [6.45, 7) is 3.93. The van der Waals surface area contributed by atoms with Gasteiger partial charge in [0.15, 0.2) is 10.9 Å². The van der Waals surface area contributed by atoms with Gasteiger partial charge in [-0.3, -0.25) is 9.36 Å². The fourth-order valence-corrected chi connectivity index (χ4v) is 3.36. The summed E-state index contributed by atoms with van der Waals surface area (Å²) in [6.07, 6.45) is 0. The van der Waals surface area contributed by atoms with Crippen LogP contribution >= 0.6 is 11.8 Å². The number of aryl methyl sites for hydroxylation is 2. The summed E-state index contributed by atoms with van der Waals surface area (Å²) in [4.78, 5) is 12.4. The molecule has 0 unspecified atom stereocenters. The largest absolute Gasteiger partial charge is 0.293 e. The Kier molecular flexibility index (Phi) is 4.96. The van der Waals surface area contributed by atoms with Crippen LogP contribution in [0.15, 0.2) is 53.7 Å². The Morgan fingerprint density at radius 1 is 1.12 bits per heavy atom. The highest BCUT2D eigenvalue weighted by atomic mass is 32.2. The minimum absolute atomic E-state index is 0.00789. The molecule has 1 aromatic heterocycles. The van der Waals surface area contributed by atoms with Gasteiger partial charge in [0.25, 0.3) is 0 Å². The van der Waals surface area contributed by atoms with Crippen LogP contribution in [0.3, 0.4) is 0 Å². The van der Waals surface area contributed by atoms with Crippen LogP contribution in [-0.2, 0) is 0 Å². The molecule has 25 heavy (non-hydrogen) atoms. The maximum Gasteiger partial charge on any atom is 0.196 e. The summed E-state index contributed by atoms with van der Waals surface area (Å²) < 4.78 is 1.96. The maximum absolute atomic E-state index is 12.4. The minimum Gasteiger partial charge on any atom is -0.293 e. The van der Waals surface area contributed by atoms with E-state index in [0.717, 1.165) is 17.1 Å². The lowest BCUT2D eigenvalue weighted by Crippen LogP contribution is -2.05. The first-order valence-electron chi connectivity index (χ1n) is 7.74. The van der Waals surface area contributed by atoms with Gasteiger partial charge in [0.2, 0.25) is 0 Å². The van der Waals surface area contributed by atoms with Gasteiger partial charge in [-0.25, -0.2) is 0 Å². The van der Waals surface area contributed by atoms with E-state index >= 15 is 0 Å². The van der Waals surface area contributed by atoms with Gasteiger partial charge in [0, 0.05) is 5.56 Å². The second kappa shape index (κ2) is 7.32. The fraction of sp³-hybridized carbons (Fsp3) is 0.158. The van der Waals surface area contributed by atoms with Gasteiger partial charge in [0.05, 0.1) is 23.1 Å². The highest BCUT2D eigenvalue weighted by Gasteiger charge is 2.15. The summed E-state index contributed by atoms with van der Waals surface area (Å²) in [6, 6.07) is 16.7. The molecule has 0 aliphatic carbocycles. The Morgan fingerprint density at radius 2 is 1.84 bits per heavy atom. The van der Waals surface area contributed by atoms with Crippen molar-refractivity contribution in [2.45, 2.75) is 19.0 Å². The van der Waals surface area contributed by atoms with E-state index in [2.05, 4.69) is 10.2 Å². The predicted molar refractivity (Wildman–Crippen MR) is 97.0 cm³/mol. The summed E-state index contributed by atoms with van der Waals surface area (Å²) >= 11 is 1.36. The third-order valence-electron chi connectivity index (χ3n) is 3.82. The van der Waals surface area contributed by atoms with Crippen molar-refractivity contribution in [3.8, 4) is 11.8 Å². The number of hydrogen-bond donors (Lipinski definition) is 0. The number of aromatic nitrogens is 3. The molecule has 0 radical (unpaired) electrons. The quantitative estimate of drug-likeness (QED) is 0.519. The Hall–Kier alpha value is -2.91. The number of benzene rings is 2. The molecule has 124 valence electrons. The van der Waals surface area contributed by atoms with Crippen LogP contribution in [-0.4, -0.2) is 26.3 Å². The van der Waals surface area contributed by atoms with Crippen molar-refractivity contribution in [1.29, 1.82) is 5.26 Å². The van der Waals surface area contributed by atoms with Crippen molar-refractivity contribution in [2.24, 2.45) is 0 Å². The number of para-hydroxylation sites is 1. The number of Topliss-reactive ketones (excluding diaryl/α,β-unsaturated/α-hetero) is 1. The van der Waals surface area contributed by atoms with Crippen molar-refractivity contribution < 1.29 is 4.79 Å². The Labute approximate surface area is 150 Å². The van der Waals surface area contributed by atoms with E-state index in [0.29, 0.717) is 16.3 Å². The van der Waals surface area contributed by atoms with Crippen molar-refractivity contribution in [3.05, 3.63) is 71.0 Å². The standard InChI is InChI=1S/C19H16N4OS/c1-13-5-3-4-6-17(13)23-14(2)21-22-19(23)25-12-18(24)16-9-7-15(11-20)8-10-16/h3-10H,12H2,1-2H3. The molecule has 5 nitrogen and oxygen atoms in total. The van der Waals surface area contributed by atoms with Crippen LogP contribution in [0.2, 0.25) is 0 Å². The summed E-state index contributed by atoms with van der Waals surface area (Å²) in [7, 11) is 0. The number of rotatable bonds is 5. The zero-order chi connectivity index (χ0) is 17.8. The molecule has 6 heteroatoms. The molecule has 0 atom stereocenters. The number of hydrogen-bond acceptors (Lipinski definition) is 5. The first kappa shape index (κ1) is 16.9. The molecule has 0 N–H and O–H groups in total. The number of nitrogens with zero attached hydrogens (tertiary/aromatic N) is 4. The monoisotopic (exact) mass is 348 g/mol. The van der Waals surface area contributed by atoms with Crippen LogP contribution in [0.5, 0.6) is 0 Å². The van der Waals surface area contributed by atoms with Crippen molar-refractivity contribution in [1.82, 2.24) is 14.8 Å². The van der Waals surface area contributed by atoms with Crippen molar-refractivity contribution in [3.63, 3.8) is 0 Å². The lowest BCUT2D eigenvalue weighted by Gasteiger charge is -2.10. The SMILES string of the molecule is Cc1ccccc1-n1c(C)nnc1SCC(=O)c1ccc(C#N)cc1. The van der Waals surface area contributed by atoms with E-state index in [9.17, 15) is 4.79 Å². The molecule has 3 aromatic rings. The second-order valence-electron chi connectivity index (χ2n) is 5.55. The molecule has 0 amide bonds. The van der Waals surface area contributed by atoms with Crippen LogP contribution in [0.4, 0.5) is 0 Å². The molecule has 3 rings (SSSR count). The first-order chi connectivity index (χ1) is 12.1. The Bertz CT molecular complexity index is 954. The molecule has 0 fully saturated rings. The number of thioether (sulfide) groups is 1. The molecule has 0 bridgehead atoms. The molecule has 1 heterocycles. The van der Waals surface area contributed by atoms with Crippen LogP contribution in [0, 0.1) is 25.2 Å². The number of nitriles is 1. The van der Waals surface area contributed by atoms with Crippen LogP contribution in [0.25, 0.3) is 5.69 Å². The minimum atomic E-state index is -0.00789. The maximum atomic E-state index is 12.4. The van der Waals surface area contributed by atoms with Gasteiger partial charge >= 0.3 is 0 Å². The van der Waals surface area contributed by atoms with Crippen LogP contribution < -0.4 is 0 Å². The number of carbonyl (C=O) groups excluding carboxylic acids is 1. The van der Waals surface area contributed by atoms with Gasteiger partial charge in [0.1, 0.15) is 5.82 Å². The van der Waals surface area contributed by atoms with E-state index in [-0.39, 0.29) is 11.5 Å². The van der Waals surface area contributed by atoms with E-state index in [1.54, 1.807) is 24.3 Å². The van der Waals surface area contributed by atoms with Crippen molar-refractivity contribution in [2.75, 3.05) is 5.75 Å². The first-order valence-corrected chi connectivity index (χ1v) is 8.73.